The van der Waals surface area contributed by atoms with Gasteiger partial charge in [-0.3, -0.25) is 0 Å². The van der Waals surface area contributed by atoms with Crippen LogP contribution in [0.3, 0.4) is 0 Å². The quantitative estimate of drug-likeness (QED) is 0.688. The summed E-state index contributed by atoms with van der Waals surface area (Å²) in [4.78, 5) is 0. The van der Waals surface area contributed by atoms with Crippen LogP contribution in [0.15, 0.2) is 18.2 Å². The molecule has 0 saturated heterocycles. The topological polar surface area (TPSA) is 9.23 Å². The molecule has 1 rings (SSSR count). The Hall–Kier alpha value is -0.980. The van der Waals surface area contributed by atoms with Crippen molar-refractivity contribution in [3.63, 3.8) is 0 Å². The summed E-state index contributed by atoms with van der Waals surface area (Å²) in [6.07, 6.45) is 2.09. The third-order valence-corrected chi connectivity index (χ3v) is 2.23. The van der Waals surface area contributed by atoms with Crippen LogP contribution in [0.25, 0.3) is 0 Å². The number of hydrogen-bond acceptors (Lipinski definition) is 1. The van der Waals surface area contributed by atoms with Crippen LogP contribution in [0.4, 0.5) is 0 Å². The van der Waals surface area contributed by atoms with Gasteiger partial charge in [-0.15, -0.1) is 0 Å². The van der Waals surface area contributed by atoms with Crippen LogP contribution in [-0.4, -0.2) is 6.61 Å². The second-order valence-electron chi connectivity index (χ2n) is 3.05. The lowest BCUT2D eigenvalue weighted by atomic mass is 10.1. The fraction of sp³-hybridized carbons (Fsp3) is 0.500. The van der Waals surface area contributed by atoms with Gasteiger partial charge >= 0.3 is 0 Å². The Morgan fingerprint density at radius 2 is 1.54 bits per heavy atom. The second kappa shape index (κ2) is 4.90. The second-order valence-corrected chi connectivity index (χ2v) is 3.05. The molecule has 0 aliphatic heterocycles. The zero-order valence-corrected chi connectivity index (χ0v) is 8.76. The van der Waals surface area contributed by atoms with E-state index in [9.17, 15) is 0 Å². The van der Waals surface area contributed by atoms with Crippen molar-refractivity contribution in [2.24, 2.45) is 0 Å². The molecular weight excluding hydrogens is 160 g/mol. The number of rotatable bonds is 4. The SMILES string of the molecule is CCOc1c(CC)cccc1CC. The molecule has 0 atom stereocenters. The Bertz CT molecular complexity index is 244. The number of aryl methyl sites for hydroxylation is 2. The van der Waals surface area contributed by atoms with Gasteiger partial charge < -0.3 is 4.74 Å². The van der Waals surface area contributed by atoms with Crippen molar-refractivity contribution in [2.75, 3.05) is 6.61 Å². The molecule has 0 N–H and O–H groups in total. The van der Waals surface area contributed by atoms with E-state index in [-0.39, 0.29) is 0 Å². The van der Waals surface area contributed by atoms with Gasteiger partial charge in [0, 0.05) is 0 Å². The van der Waals surface area contributed by atoms with Crippen LogP contribution in [0, 0.1) is 0 Å². The largest absolute Gasteiger partial charge is 0.493 e. The molecule has 0 fully saturated rings. The highest BCUT2D eigenvalue weighted by atomic mass is 16.5. The number of benzene rings is 1. The summed E-state index contributed by atoms with van der Waals surface area (Å²) in [6.45, 7) is 7.12. The Morgan fingerprint density at radius 1 is 1.00 bits per heavy atom. The van der Waals surface area contributed by atoms with Crippen LogP contribution in [0.5, 0.6) is 5.75 Å². The van der Waals surface area contributed by atoms with Gasteiger partial charge in [0.15, 0.2) is 0 Å². The van der Waals surface area contributed by atoms with Crippen molar-refractivity contribution in [2.45, 2.75) is 33.6 Å². The maximum absolute atomic E-state index is 5.65. The van der Waals surface area contributed by atoms with Gasteiger partial charge in [-0.1, -0.05) is 32.0 Å². The van der Waals surface area contributed by atoms with Gasteiger partial charge in [-0.2, -0.15) is 0 Å². The summed E-state index contributed by atoms with van der Waals surface area (Å²) in [5, 5.41) is 0. The first-order chi connectivity index (χ1) is 6.33. The summed E-state index contributed by atoms with van der Waals surface area (Å²) < 4.78 is 5.65. The predicted molar refractivity (Wildman–Crippen MR) is 56.4 cm³/mol. The zero-order chi connectivity index (χ0) is 9.68. The molecule has 1 aromatic rings. The fourth-order valence-electron chi connectivity index (χ4n) is 1.52. The van der Waals surface area contributed by atoms with Crippen molar-refractivity contribution < 1.29 is 4.74 Å². The first-order valence-corrected chi connectivity index (χ1v) is 5.07. The highest BCUT2D eigenvalue weighted by Gasteiger charge is 2.05. The molecule has 0 aromatic heterocycles. The maximum Gasteiger partial charge on any atom is 0.125 e. The Morgan fingerprint density at radius 3 is 1.92 bits per heavy atom. The first-order valence-electron chi connectivity index (χ1n) is 5.07. The summed E-state index contributed by atoms with van der Waals surface area (Å²) in [5.74, 6) is 1.11. The molecule has 1 nitrogen and oxygen atoms in total. The Labute approximate surface area is 80.7 Å². The maximum atomic E-state index is 5.65. The van der Waals surface area contributed by atoms with Crippen molar-refractivity contribution in [3.05, 3.63) is 29.3 Å². The van der Waals surface area contributed by atoms with Crippen molar-refractivity contribution >= 4 is 0 Å². The average molecular weight is 178 g/mol. The van der Waals surface area contributed by atoms with Crippen LogP contribution in [0.2, 0.25) is 0 Å². The number of para-hydroxylation sites is 1. The molecule has 0 bridgehead atoms. The molecule has 72 valence electrons. The van der Waals surface area contributed by atoms with E-state index >= 15 is 0 Å². The fourth-order valence-corrected chi connectivity index (χ4v) is 1.52. The van der Waals surface area contributed by atoms with E-state index < -0.39 is 0 Å². The third kappa shape index (κ3) is 2.24. The predicted octanol–water partition coefficient (Wildman–Crippen LogP) is 3.21. The summed E-state index contributed by atoms with van der Waals surface area (Å²) >= 11 is 0. The molecule has 0 aliphatic rings. The molecule has 1 heteroatoms. The highest BCUT2D eigenvalue weighted by molar-refractivity contribution is 5.41. The lowest BCUT2D eigenvalue weighted by Gasteiger charge is -2.12. The Balaban J connectivity index is 3.05. The minimum Gasteiger partial charge on any atom is -0.493 e. The monoisotopic (exact) mass is 178 g/mol. The van der Waals surface area contributed by atoms with Crippen LogP contribution in [-0.2, 0) is 12.8 Å². The van der Waals surface area contributed by atoms with E-state index in [0.717, 1.165) is 25.2 Å². The molecule has 0 spiro atoms. The molecule has 13 heavy (non-hydrogen) atoms. The molecule has 0 heterocycles. The van der Waals surface area contributed by atoms with Gasteiger partial charge in [-0.25, -0.2) is 0 Å². The molecular formula is C12H18O. The van der Waals surface area contributed by atoms with Crippen molar-refractivity contribution in [1.29, 1.82) is 0 Å². The van der Waals surface area contributed by atoms with E-state index in [1.54, 1.807) is 0 Å². The highest BCUT2D eigenvalue weighted by Crippen LogP contribution is 2.24. The van der Waals surface area contributed by atoms with E-state index in [0.29, 0.717) is 0 Å². The normalized spacial score (nSPS) is 10.1. The first kappa shape index (κ1) is 10.1. The van der Waals surface area contributed by atoms with Gasteiger partial charge in [0.25, 0.3) is 0 Å². The van der Waals surface area contributed by atoms with Gasteiger partial charge in [-0.05, 0) is 30.9 Å². The summed E-state index contributed by atoms with van der Waals surface area (Å²) in [6, 6.07) is 6.40. The van der Waals surface area contributed by atoms with Crippen molar-refractivity contribution in [1.82, 2.24) is 0 Å². The summed E-state index contributed by atoms with van der Waals surface area (Å²) in [5.41, 5.74) is 2.64. The van der Waals surface area contributed by atoms with E-state index in [2.05, 4.69) is 32.0 Å². The van der Waals surface area contributed by atoms with Gasteiger partial charge in [0.2, 0.25) is 0 Å². The molecule has 0 aliphatic carbocycles. The number of hydrogen-bond donors (Lipinski definition) is 0. The molecule has 0 saturated carbocycles. The number of ether oxygens (including phenoxy) is 1. The Kier molecular flexibility index (Phi) is 3.81. The summed E-state index contributed by atoms with van der Waals surface area (Å²) in [7, 11) is 0. The third-order valence-electron chi connectivity index (χ3n) is 2.23. The minimum absolute atomic E-state index is 0.754. The molecule has 1 aromatic carbocycles. The average Bonchev–Trinajstić information content (AvgIpc) is 2.18. The molecule has 0 radical (unpaired) electrons. The van der Waals surface area contributed by atoms with Crippen molar-refractivity contribution in [3.8, 4) is 5.75 Å². The van der Waals surface area contributed by atoms with E-state index in [1.165, 1.54) is 11.1 Å². The minimum atomic E-state index is 0.754. The smallest absolute Gasteiger partial charge is 0.125 e. The van der Waals surface area contributed by atoms with Crippen LogP contribution in [0.1, 0.15) is 31.9 Å². The molecule has 0 unspecified atom stereocenters. The standard InChI is InChI=1S/C12H18O/c1-4-10-8-7-9-11(5-2)12(10)13-6-3/h7-9H,4-6H2,1-3H3. The lowest BCUT2D eigenvalue weighted by molar-refractivity contribution is 0.333. The van der Waals surface area contributed by atoms with Gasteiger partial charge in [0.1, 0.15) is 5.75 Å². The molecule has 0 amide bonds. The van der Waals surface area contributed by atoms with Crippen LogP contribution >= 0.6 is 0 Å². The van der Waals surface area contributed by atoms with Crippen LogP contribution < -0.4 is 4.74 Å². The lowest BCUT2D eigenvalue weighted by Crippen LogP contribution is -1.99. The zero-order valence-electron chi connectivity index (χ0n) is 8.76. The van der Waals surface area contributed by atoms with Gasteiger partial charge in [0.05, 0.1) is 6.61 Å². The van der Waals surface area contributed by atoms with E-state index in [4.69, 9.17) is 4.74 Å². The van der Waals surface area contributed by atoms with E-state index in [1.807, 2.05) is 6.92 Å².